The van der Waals surface area contributed by atoms with Crippen LogP contribution in [-0.2, 0) is 18.6 Å². The summed E-state index contributed by atoms with van der Waals surface area (Å²) in [5.74, 6) is 0.291. The Morgan fingerprint density at radius 3 is 2.40 bits per heavy atom. The summed E-state index contributed by atoms with van der Waals surface area (Å²) in [4.78, 5) is 12.3. The fraction of sp³-hybridized carbons (Fsp3) is 0.474. The maximum absolute atomic E-state index is 12.3. The minimum absolute atomic E-state index is 0.0468. The van der Waals surface area contributed by atoms with E-state index in [4.69, 9.17) is 21.4 Å². The van der Waals surface area contributed by atoms with Crippen LogP contribution in [0.3, 0.4) is 0 Å². The van der Waals surface area contributed by atoms with Gasteiger partial charge in [-0.3, -0.25) is 4.79 Å². The number of nitrogens with zero attached hydrogens (tertiary/aromatic N) is 2. The van der Waals surface area contributed by atoms with Crippen molar-refractivity contribution in [3.05, 3.63) is 57.0 Å². The molecule has 0 amide bonds. The maximum atomic E-state index is 12.3. The average molecular weight is 365 g/mol. The van der Waals surface area contributed by atoms with Gasteiger partial charge in [-0.25, -0.2) is 4.68 Å². The Bertz CT molecular complexity index is 749. The summed E-state index contributed by atoms with van der Waals surface area (Å²) < 4.78 is 7.02. The van der Waals surface area contributed by atoms with E-state index in [9.17, 15) is 4.79 Å². The number of ether oxygens (including phenoxy) is 1. The van der Waals surface area contributed by atoms with Gasteiger partial charge >= 0.3 is 0 Å². The predicted molar refractivity (Wildman–Crippen MR) is 99.3 cm³/mol. The second-order valence-electron chi connectivity index (χ2n) is 7.00. The summed E-state index contributed by atoms with van der Waals surface area (Å²) in [6.07, 6.45) is 4.22. The molecular formula is C19H25ClN2O3. The molecule has 1 heterocycles. The van der Waals surface area contributed by atoms with Crippen molar-refractivity contribution in [2.75, 3.05) is 6.61 Å². The van der Waals surface area contributed by atoms with Gasteiger partial charge in [0.15, 0.2) is 10.8 Å². The van der Waals surface area contributed by atoms with E-state index < -0.39 is 5.54 Å². The van der Waals surface area contributed by atoms with Crippen molar-refractivity contribution in [2.45, 2.75) is 52.2 Å². The van der Waals surface area contributed by atoms with Gasteiger partial charge in [-0.1, -0.05) is 35.9 Å². The van der Waals surface area contributed by atoms with Crippen molar-refractivity contribution in [1.29, 1.82) is 0 Å². The Balaban J connectivity index is 2.02. The lowest BCUT2D eigenvalue weighted by atomic mass is 10.1. The lowest BCUT2D eigenvalue weighted by Gasteiger charge is -2.21. The standard InChI is InChI=1S/C19H25ClN2O3/c1-19(2,3)22-18(24)17(20)16(12-21-22)25-13-15-9-7-14(8-10-15)6-4-5-11-23/h7-10,12,23H,4-6,11,13H2,1-3H3. The summed E-state index contributed by atoms with van der Waals surface area (Å²) in [5, 5.41) is 13.0. The molecule has 0 saturated carbocycles. The molecule has 0 fully saturated rings. The zero-order valence-electron chi connectivity index (χ0n) is 15.0. The molecule has 6 heteroatoms. The molecule has 0 aliphatic rings. The normalized spacial score (nSPS) is 11.6. The minimum Gasteiger partial charge on any atom is -0.485 e. The van der Waals surface area contributed by atoms with Crippen molar-refractivity contribution in [1.82, 2.24) is 9.78 Å². The molecule has 136 valence electrons. The van der Waals surface area contributed by atoms with Crippen LogP contribution in [0.15, 0.2) is 35.3 Å². The molecule has 1 aromatic carbocycles. The van der Waals surface area contributed by atoms with Crippen LogP contribution in [0.2, 0.25) is 5.02 Å². The lowest BCUT2D eigenvalue weighted by molar-refractivity contribution is 0.284. The van der Waals surface area contributed by atoms with Gasteiger partial charge in [-0.2, -0.15) is 5.10 Å². The Kier molecular flexibility index (Phi) is 6.62. The van der Waals surface area contributed by atoms with E-state index in [1.54, 1.807) is 0 Å². The highest BCUT2D eigenvalue weighted by atomic mass is 35.5. The zero-order valence-corrected chi connectivity index (χ0v) is 15.7. The first-order valence-electron chi connectivity index (χ1n) is 8.42. The third-order valence-electron chi connectivity index (χ3n) is 3.81. The van der Waals surface area contributed by atoms with E-state index in [1.807, 2.05) is 45.0 Å². The number of hydrogen-bond donors (Lipinski definition) is 1. The largest absolute Gasteiger partial charge is 0.485 e. The molecule has 0 aliphatic heterocycles. The van der Waals surface area contributed by atoms with E-state index in [1.165, 1.54) is 16.4 Å². The van der Waals surface area contributed by atoms with Gasteiger partial charge in [0.05, 0.1) is 11.7 Å². The number of aryl methyl sites for hydroxylation is 1. The van der Waals surface area contributed by atoms with E-state index in [2.05, 4.69) is 5.10 Å². The molecule has 25 heavy (non-hydrogen) atoms. The maximum Gasteiger partial charge on any atom is 0.289 e. The van der Waals surface area contributed by atoms with E-state index in [-0.39, 0.29) is 17.2 Å². The SMILES string of the molecule is CC(C)(C)n1ncc(OCc2ccc(CCCCO)cc2)c(Cl)c1=O. The molecule has 2 rings (SSSR count). The second-order valence-corrected chi connectivity index (χ2v) is 7.37. The highest BCUT2D eigenvalue weighted by molar-refractivity contribution is 6.31. The zero-order chi connectivity index (χ0) is 18.4. The number of halogens is 1. The van der Waals surface area contributed by atoms with Crippen molar-refractivity contribution in [3.8, 4) is 5.75 Å². The summed E-state index contributed by atoms with van der Waals surface area (Å²) in [5.41, 5.74) is 1.42. The van der Waals surface area contributed by atoms with Gasteiger partial charge in [0.1, 0.15) is 6.61 Å². The first-order valence-corrected chi connectivity index (χ1v) is 8.80. The van der Waals surface area contributed by atoms with Crippen molar-refractivity contribution in [3.63, 3.8) is 0 Å². The van der Waals surface area contributed by atoms with Gasteiger partial charge < -0.3 is 9.84 Å². The molecule has 0 saturated heterocycles. The van der Waals surface area contributed by atoms with Gasteiger partial charge in [0.2, 0.25) is 0 Å². The molecule has 2 aromatic rings. The summed E-state index contributed by atoms with van der Waals surface area (Å²) in [6.45, 7) is 6.22. The number of unbranched alkanes of at least 4 members (excludes halogenated alkanes) is 1. The molecule has 0 spiro atoms. The Morgan fingerprint density at radius 1 is 1.16 bits per heavy atom. The third-order valence-corrected chi connectivity index (χ3v) is 4.16. The summed E-state index contributed by atoms with van der Waals surface area (Å²) in [6, 6.07) is 8.08. The molecule has 0 bridgehead atoms. The summed E-state index contributed by atoms with van der Waals surface area (Å²) >= 11 is 6.15. The van der Waals surface area contributed by atoms with E-state index in [0.29, 0.717) is 12.4 Å². The molecule has 1 aromatic heterocycles. The summed E-state index contributed by atoms with van der Waals surface area (Å²) in [7, 11) is 0. The molecule has 0 atom stereocenters. The Hall–Kier alpha value is -1.85. The fourth-order valence-corrected chi connectivity index (χ4v) is 2.58. The van der Waals surface area contributed by atoms with Crippen molar-refractivity contribution < 1.29 is 9.84 Å². The number of aromatic nitrogens is 2. The first-order chi connectivity index (χ1) is 11.8. The van der Waals surface area contributed by atoms with Crippen LogP contribution in [0.25, 0.3) is 0 Å². The lowest BCUT2D eigenvalue weighted by Crippen LogP contribution is -2.36. The van der Waals surface area contributed by atoms with Gasteiger partial charge in [-0.15, -0.1) is 0 Å². The minimum atomic E-state index is -0.439. The Labute approximate surface area is 153 Å². The van der Waals surface area contributed by atoms with Crippen LogP contribution in [0.1, 0.15) is 44.7 Å². The number of hydrogen-bond acceptors (Lipinski definition) is 4. The second kappa shape index (κ2) is 8.50. The number of aliphatic hydroxyl groups excluding tert-OH is 1. The average Bonchev–Trinajstić information content (AvgIpc) is 2.56. The Morgan fingerprint density at radius 2 is 1.80 bits per heavy atom. The monoisotopic (exact) mass is 364 g/mol. The van der Waals surface area contributed by atoms with Gasteiger partial charge in [0.25, 0.3) is 5.56 Å². The van der Waals surface area contributed by atoms with Crippen LogP contribution < -0.4 is 10.3 Å². The molecule has 5 nitrogen and oxygen atoms in total. The first kappa shape index (κ1) is 19.5. The van der Waals surface area contributed by atoms with Crippen LogP contribution in [0.4, 0.5) is 0 Å². The van der Waals surface area contributed by atoms with E-state index in [0.717, 1.165) is 24.8 Å². The third kappa shape index (κ3) is 5.31. The van der Waals surface area contributed by atoms with Crippen molar-refractivity contribution >= 4 is 11.6 Å². The molecular weight excluding hydrogens is 340 g/mol. The fourth-order valence-electron chi connectivity index (χ4n) is 2.40. The highest BCUT2D eigenvalue weighted by Crippen LogP contribution is 2.22. The molecule has 0 unspecified atom stereocenters. The topological polar surface area (TPSA) is 64.3 Å². The number of benzene rings is 1. The predicted octanol–water partition coefficient (Wildman–Crippen LogP) is 3.55. The molecule has 0 radical (unpaired) electrons. The van der Waals surface area contributed by atoms with Crippen LogP contribution in [0.5, 0.6) is 5.75 Å². The van der Waals surface area contributed by atoms with Gasteiger partial charge in [-0.05, 0) is 51.2 Å². The number of rotatable bonds is 7. The van der Waals surface area contributed by atoms with Crippen LogP contribution in [0, 0.1) is 0 Å². The molecule has 0 aliphatic carbocycles. The van der Waals surface area contributed by atoms with E-state index >= 15 is 0 Å². The highest BCUT2D eigenvalue weighted by Gasteiger charge is 2.19. The smallest absolute Gasteiger partial charge is 0.289 e. The van der Waals surface area contributed by atoms with Crippen LogP contribution >= 0.6 is 11.6 Å². The molecule has 1 N–H and O–H groups in total. The van der Waals surface area contributed by atoms with Gasteiger partial charge in [0, 0.05) is 6.61 Å². The number of aliphatic hydroxyl groups is 1. The quantitative estimate of drug-likeness (QED) is 0.763. The van der Waals surface area contributed by atoms with Crippen molar-refractivity contribution in [2.24, 2.45) is 0 Å². The van der Waals surface area contributed by atoms with Crippen LogP contribution in [-0.4, -0.2) is 21.5 Å².